The summed E-state index contributed by atoms with van der Waals surface area (Å²) < 4.78 is 1.72. The van der Waals surface area contributed by atoms with Crippen molar-refractivity contribution in [2.24, 2.45) is 0 Å². The van der Waals surface area contributed by atoms with Crippen molar-refractivity contribution < 1.29 is 0 Å². The molecule has 5 nitrogen and oxygen atoms in total. The minimum atomic E-state index is 0.384. The van der Waals surface area contributed by atoms with Crippen molar-refractivity contribution >= 4 is 11.6 Å². The van der Waals surface area contributed by atoms with Gasteiger partial charge in [0, 0.05) is 11.8 Å². The zero-order valence-corrected chi connectivity index (χ0v) is 6.94. The summed E-state index contributed by atoms with van der Waals surface area (Å²) >= 11 is 0. The maximum atomic E-state index is 5.58. The molecule has 0 radical (unpaired) electrons. The Morgan fingerprint density at radius 2 is 2.08 bits per heavy atom. The van der Waals surface area contributed by atoms with E-state index >= 15 is 0 Å². The molecule has 0 atom stereocenters. The molecule has 0 aliphatic rings. The Morgan fingerprint density at radius 3 is 2.83 bits per heavy atom. The first-order chi connectivity index (χ1) is 5.68. The van der Waals surface area contributed by atoms with Gasteiger partial charge in [0.25, 0.3) is 0 Å². The molecule has 0 aliphatic carbocycles. The molecule has 2 heterocycles. The Balaban J connectivity index is 2.93. The lowest BCUT2D eigenvalue weighted by molar-refractivity contribution is 0.965. The van der Waals surface area contributed by atoms with E-state index in [0.717, 1.165) is 17.2 Å². The number of hydrogen-bond donors (Lipinski definition) is 1. The van der Waals surface area contributed by atoms with E-state index in [2.05, 4.69) is 15.2 Å². The largest absolute Gasteiger partial charge is 0.368 e. The second kappa shape index (κ2) is 2.17. The number of aromatic nitrogens is 4. The van der Waals surface area contributed by atoms with Crippen LogP contribution < -0.4 is 5.73 Å². The van der Waals surface area contributed by atoms with Gasteiger partial charge in [-0.25, -0.2) is 9.38 Å². The Kier molecular flexibility index (Phi) is 1.27. The van der Waals surface area contributed by atoms with Gasteiger partial charge in [0.15, 0.2) is 5.65 Å². The predicted molar refractivity (Wildman–Crippen MR) is 44.7 cm³/mol. The fourth-order valence-electron chi connectivity index (χ4n) is 1.26. The fraction of sp³-hybridized carbons (Fsp3) is 0.286. The van der Waals surface area contributed by atoms with Crippen LogP contribution in [0.4, 0.5) is 5.95 Å². The number of nitrogen functional groups attached to an aromatic ring is 1. The Morgan fingerprint density at radius 1 is 1.33 bits per heavy atom. The first-order valence-corrected chi connectivity index (χ1v) is 3.63. The van der Waals surface area contributed by atoms with Crippen molar-refractivity contribution in [2.45, 2.75) is 13.8 Å². The molecule has 0 bridgehead atoms. The Labute approximate surface area is 69.2 Å². The summed E-state index contributed by atoms with van der Waals surface area (Å²) in [5, 5.41) is 7.64. The number of fused-ring (bicyclic) bond motifs is 1. The molecule has 2 N–H and O–H groups in total. The summed E-state index contributed by atoms with van der Waals surface area (Å²) in [6, 6.07) is 1.84. The second-order valence-electron chi connectivity index (χ2n) is 2.70. The van der Waals surface area contributed by atoms with Crippen LogP contribution >= 0.6 is 0 Å². The van der Waals surface area contributed by atoms with Crippen LogP contribution in [0.3, 0.4) is 0 Å². The third kappa shape index (κ3) is 0.827. The van der Waals surface area contributed by atoms with Gasteiger partial charge in [-0.3, -0.25) is 0 Å². The third-order valence-electron chi connectivity index (χ3n) is 1.71. The molecule has 0 saturated heterocycles. The molecular weight excluding hydrogens is 154 g/mol. The topological polar surface area (TPSA) is 69.1 Å². The maximum Gasteiger partial charge on any atom is 0.227 e. The molecule has 12 heavy (non-hydrogen) atoms. The van der Waals surface area contributed by atoms with Crippen molar-refractivity contribution in [1.82, 2.24) is 19.6 Å². The first-order valence-electron chi connectivity index (χ1n) is 3.63. The highest BCUT2D eigenvalue weighted by atomic mass is 15.3. The normalized spacial score (nSPS) is 10.8. The number of nitrogens with zero attached hydrogens (tertiary/aromatic N) is 4. The van der Waals surface area contributed by atoms with Crippen molar-refractivity contribution in [1.29, 1.82) is 0 Å². The number of rotatable bonds is 0. The van der Waals surface area contributed by atoms with Crippen LogP contribution in [0.1, 0.15) is 11.5 Å². The fourth-order valence-corrected chi connectivity index (χ4v) is 1.26. The lowest BCUT2D eigenvalue weighted by atomic mass is 10.4. The highest BCUT2D eigenvalue weighted by molar-refractivity contribution is 5.44. The SMILES string of the molecule is Cc1cc2nnc(N)n2c(C)n1. The average molecular weight is 163 g/mol. The smallest absolute Gasteiger partial charge is 0.227 e. The molecule has 0 aliphatic heterocycles. The Bertz CT molecular complexity index is 431. The minimum absolute atomic E-state index is 0.384. The van der Waals surface area contributed by atoms with E-state index in [1.807, 2.05) is 19.9 Å². The first kappa shape index (κ1) is 7.02. The van der Waals surface area contributed by atoms with E-state index in [0.29, 0.717) is 5.95 Å². The summed E-state index contributed by atoms with van der Waals surface area (Å²) in [5.74, 6) is 1.20. The predicted octanol–water partition coefficient (Wildman–Crippen LogP) is 0.323. The van der Waals surface area contributed by atoms with E-state index in [1.165, 1.54) is 0 Å². The van der Waals surface area contributed by atoms with Crippen molar-refractivity contribution in [2.75, 3.05) is 5.73 Å². The van der Waals surface area contributed by atoms with Crippen molar-refractivity contribution in [3.05, 3.63) is 17.6 Å². The van der Waals surface area contributed by atoms with E-state index in [-0.39, 0.29) is 0 Å². The van der Waals surface area contributed by atoms with Crippen molar-refractivity contribution in [3.63, 3.8) is 0 Å². The lowest BCUT2D eigenvalue weighted by Gasteiger charge is -1.99. The highest BCUT2D eigenvalue weighted by Crippen LogP contribution is 2.08. The summed E-state index contributed by atoms with van der Waals surface area (Å²) in [5.41, 5.74) is 7.25. The average Bonchev–Trinajstić information content (AvgIpc) is 2.31. The van der Waals surface area contributed by atoms with Gasteiger partial charge in [-0.2, -0.15) is 0 Å². The summed E-state index contributed by atoms with van der Waals surface area (Å²) in [4.78, 5) is 4.24. The molecule has 2 aromatic rings. The molecule has 0 fully saturated rings. The van der Waals surface area contributed by atoms with Gasteiger partial charge in [0.1, 0.15) is 5.82 Å². The quantitative estimate of drug-likeness (QED) is 0.607. The summed E-state index contributed by atoms with van der Waals surface area (Å²) in [7, 11) is 0. The molecular formula is C7H9N5. The Hall–Kier alpha value is -1.65. The molecule has 5 heteroatoms. The van der Waals surface area contributed by atoms with Crippen LogP contribution in [-0.2, 0) is 0 Å². The van der Waals surface area contributed by atoms with E-state index in [1.54, 1.807) is 4.40 Å². The number of aryl methyl sites for hydroxylation is 2. The standard InChI is InChI=1S/C7H9N5/c1-4-3-6-10-11-7(8)12(6)5(2)9-4/h3H,1-2H3,(H2,8,11). The van der Waals surface area contributed by atoms with Crippen LogP contribution in [0, 0.1) is 13.8 Å². The molecule has 0 unspecified atom stereocenters. The number of nitrogens with two attached hydrogens (primary N) is 1. The summed E-state index contributed by atoms with van der Waals surface area (Å²) in [6.45, 7) is 3.79. The van der Waals surface area contributed by atoms with Gasteiger partial charge in [-0.1, -0.05) is 0 Å². The molecule has 62 valence electrons. The van der Waals surface area contributed by atoms with Crippen LogP contribution in [0.25, 0.3) is 5.65 Å². The zero-order chi connectivity index (χ0) is 8.72. The minimum Gasteiger partial charge on any atom is -0.368 e. The summed E-state index contributed by atoms with van der Waals surface area (Å²) in [6.07, 6.45) is 0. The van der Waals surface area contributed by atoms with Gasteiger partial charge >= 0.3 is 0 Å². The second-order valence-corrected chi connectivity index (χ2v) is 2.70. The van der Waals surface area contributed by atoms with Crippen LogP contribution in [0.2, 0.25) is 0 Å². The maximum absolute atomic E-state index is 5.58. The van der Waals surface area contributed by atoms with Gasteiger partial charge in [0.2, 0.25) is 5.95 Å². The van der Waals surface area contributed by atoms with Gasteiger partial charge in [0.05, 0.1) is 0 Å². The zero-order valence-electron chi connectivity index (χ0n) is 6.94. The van der Waals surface area contributed by atoms with E-state index < -0.39 is 0 Å². The number of anilines is 1. The van der Waals surface area contributed by atoms with Gasteiger partial charge < -0.3 is 5.73 Å². The monoisotopic (exact) mass is 163 g/mol. The van der Waals surface area contributed by atoms with E-state index in [4.69, 9.17) is 5.73 Å². The molecule has 0 aromatic carbocycles. The van der Waals surface area contributed by atoms with Gasteiger partial charge in [-0.15, -0.1) is 10.2 Å². The van der Waals surface area contributed by atoms with E-state index in [9.17, 15) is 0 Å². The molecule has 0 saturated carbocycles. The van der Waals surface area contributed by atoms with Crippen molar-refractivity contribution in [3.8, 4) is 0 Å². The highest BCUT2D eigenvalue weighted by Gasteiger charge is 2.04. The molecule has 0 amide bonds. The van der Waals surface area contributed by atoms with Gasteiger partial charge in [-0.05, 0) is 13.8 Å². The van der Waals surface area contributed by atoms with Crippen LogP contribution in [0.5, 0.6) is 0 Å². The van der Waals surface area contributed by atoms with Crippen LogP contribution in [0.15, 0.2) is 6.07 Å². The lowest BCUT2D eigenvalue weighted by Crippen LogP contribution is -2.01. The molecule has 2 aromatic heterocycles. The third-order valence-corrected chi connectivity index (χ3v) is 1.71. The number of hydrogen-bond acceptors (Lipinski definition) is 4. The molecule has 0 spiro atoms. The van der Waals surface area contributed by atoms with Crippen LogP contribution in [-0.4, -0.2) is 19.6 Å². The molecule has 2 rings (SSSR count).